The van der Waals surface area contributed by atoms with E-state index in [1.807, 2.05) is 0 Å². The van der Waals surface area contributed by atoms with Gasteiger partial charge in [0.2, 0.25) is 0 Å². The molecule has 2 N–H and O–H groups in total. The van der Waals surface area contributed by atoms with Crippen molar-refractivity contribution >= 4 is 5.82 Å². The molecule has 0 spiro atoms. The maximum atomic E-state index is 12.7. The van der Waals surface area contributed by atoms with Crippen molar-refractivity contribution in [1.82, 2.24) is 9.97 Å². The van der Waals surface area contributed by atoms with E-state index in [9.17, 15) is 13.2 Å². The highest BCUT2D eigenvalue weighted by Crippen LogP contribution is 2.32. The Bertz CT molecular complexity index is 665. The van der Waals surface area contributed by atoms with Crippen molar-refractivity contribution in [3.8, 4) is 11.4 Å². The number of nitrogen functional groups attached to an aromatic ring is 1. The minimum atomic E-state index is -4.38. The second-order valence-corrected chi connectivity index (χ2v) is 4.79. The normalized spacial score (nSPS) is 14.3. The third-order valence-corrected chi connectivity index (χ3v) is 3.41. The fraction of sp³-hybridized carbons (Fsp3) is 0.286. The van der Waals surface area contributed by atoms with Gasteiger partial charge in [-0.25, -0.2) is 9.97 Å². The molecule has 0 saturated heterocycles. The number of aryl methyl sites for hydroxylation is 1. The van der Waals surface area contributed by atoms with E-state index < -0.39 is 11.7 Å². The van der Waals surface area contributed by atoms with Crippen molar-refractivity contribution in [3.05, 3.63) is 41.1 Å². The average molecular weight is 279 g/mol. The van der Waals surface area contributed by atoms with Gasteiger partial charge in [0.05, 0.1) is 5.56 Å². The Morgan fingerprint density at radius 2 is 1.90 bits per heavy atom. The lowest BCUT2D eigenvalue weighted by molar-refractivity contribution is -0.137. The Labute approximate surface area is 113 Å². The van der Waals surface area contributed by atoms with Gasteiger partial charge in [-0.15, -0.1) is 0 Å². The van der Waals surface area contributed by atoms with Crippen molar-refractivity contribution in [1.29, 1.82) is 0 Å². The monoisotopic (exact) mass is 279 g/mol. The Balaban J connectivity index is 2.08. The van der Waals surface area contributed by atoms with Crippen molar-refractivity contribution in [2.24, 2.45) is 0 Å². The van der Waals surface area contributed by atoms with Crippen LogP contribution in [0.3, 0.4) is 0 Å². The van der Waals surface area contributed by atoms with E-state index in [0.717, 1.165) is 42.7 Å². The molecule has 1 aromatic carbocycles. The lowest BCUT2D eigenvalue weighted by Crippen LogP contribution is -2.06. The number of hydrogen-bond donors (Lipinski definition) is 1. The van der Waals surface area contributed by atoms with E-state index in [1.165, 1.54) is 6.07 Å². The Hall–Kier alpha value is -2.11. The van der Waals surface area contributed by atoms with Gasteiger partial charge in [0.25, 0.3) is 0 Å². The van der Waals surface area contributed by atoms with Gasteiger partial charge < -0.3 is 5.73 Å². The summed E-state index contributed by atoms with van der Waals surface area (Å²) in [5.41, 5.74) is 7.27. The van der Waals surface area contributed by atoms with E-state index in [2.05, 4.69) is 9.97 Å². The number of benzene rings is 1. The summed E-state index contributed by atoms with van der Waals surface area (Å²) in [7, 11) is 0. The van der Waals surface area contributed by atoms with Crippen molar-refractivity contribution < 1.29 is 13.2 Å². The second-order valence-electron chi connectivity index (χ2n) is 4.79. The van der Waals surface area contributed by atoms with Gasteiger partial charge in [-0.1, -0.05) is 12.1 Å². The van der Waals surface area contributed by atoms with Gasteiger partial charge >= 0.3 is 6.18 Å². The average Bonchev–Trinajstić information content (AvgIpc) is 2.87. The summed E-state index contributed by atoms with van der Waals surface area (Å²) in [6.07, 6.45) is -1.78. The molecule has 0 saturated carbocycles. The number of alkyl halides is 3. The van der Waals surface area contributed by atoms with Crippen LogP contribution in [0.1, 0.15) is 23.2 Å². The van der Waals surface area contributed by atoms with E-state index in [0.29, 0.717) is 11.4 Å². The highest BCUT2D eigenvalue weighted by atomic mass is 19.4. The first-order chi connectivity index (χ1) is 9.45. The Morgan fingerprint density at radius 3 is 2.65 bits per heavy atom. The molecule has 104 valence electrons. The van der Waals surface area contributed by atoms with E-state index >= 15 is 0 Å². The molecule has 0 fully saturated rings. The van der Waals surface area contributed by atoms with E-state index in [-0.39, 0.29) is 5.82 Å². The zero-order valence-electron chi connectivity index (χ0n) is 10.5. The smallest absolute Gasteiger partial charge is 0.383 e. The minimum Gasteiger partial charge on any atom is -0.383 e. The summed E-state index contributed by atoms with van der Waals surface area (Å²) in [4.78, 5) is 8.49. The predicted octanol–water partition coefficient (Wildman–Crippen LogP) is 3.23. The van der Waals surface area contributed by atoms with Crippen LogP contribution in [0.4, 0.5) is 19.0 Å². The molecule has 1 heterocycles. The third-order valence-electron chi connectivity index (χ3n) is 3.41. The molecule has 2 aromatic rings. The fourth-order valence-corrected chi connectivity index (χ4v) is 2.43. The molecular formula is C14H12F3N3. The van der Waals surface area contributed by atoms with Crippen LogP contribution in [-0.4, -0.2) is 9.97 Å². The molecule has 3 nitrogen and oxygen atoms in total. The standard InChI is InChI=1S/C14H12F3N3/c15-14(16,17)9-4-1-3-8(7-9)13-19-11-6-2-5-10(11)12(18)20-13/h1,3-4,7H,2,5-6H2,(H2,18,19,20). The zero-order chi connectivity index (χ0) is 14.3. The maximum Gasteiger partial charge on any atom is 0.416 e. The molecule has 0 atom stereocenters. The van der Waals surface area contributed by atoms with Crippen LogP contribution in [0.15, 0.2) is 24.3 Å². The van der Waals surface area contributed by atoms with Gasteiger partial charge in [-0.05, 0) is 31.4 Å². The number of hydrogen-bond acceptors (Lipinski definition) is 3. The summed E-state index contributed by atoms with van der Waals surface area (Å²) in [5, 5.41) is 0. The van der Waals surface area contributed by atoms with E-state index in [4.69, 9.17) is 5.73 Å². The summed E-state index contributed by atoms with van der Waals surface area (Å²) >= 11 is 0. The fourth-order valence-electron chi connectivity index (χ4n) is 2.43. The topological polar surface area (TPSA) is 51.8 Å². The van der Waals surface area contributed by atoms with Gasteiger partial charge in [0.1, 0.15) is 5.82 Å². The molecule has 3 rings (SSSR count). The third kappa shape index (κ3) is 2.21. The molecule has 1 aromatic heterocycles. The van der Waals surface area contributed by atoms with Gasteiger partial charge in [-0.3, -0.25) is 0 Å². The van der Waals surface area contributed by atoms with E-state index in [1.54, 1.807) is 6.07 Å². The SMILES string of the molecule is Nc1nc(-c2cccc(C(F)(F)F)c2)nc2c1CCC2. The second kappa shape index (κ2) is 4.47. The summed E-state index contributed by atoms with van der Waals surface area (Å²) in [6, 6.07) is 4.99. The van der Waals surface area contributed by atoms with Crippen LogP contribution in [-0.2, 0) is 19.0 Å². The van der Waals surface area contributed by atoms with Gasteiger partial charge in [-0.2, -0.15) is 13.2 Å². The molecule has 1 aliphatic rings. The van der Waals surface area contributed by atoms with Crippen LogP contribution < -0.4 is 5.73 Å². The predicted molar refractivity (Wildman–Crippen MR) is 68.9 cm³/mol. The van der Waals surface area contributed by atoms with Crippen LogP contribution in [0.2, 0.25) is 0 Å². The number of nitrogens with two attached hydrogens (primary N) is 1. The lowest BCUT2D eigenvalue weighted by atomic mass is 10.1. The largest absolute Gasteiger partial charge is 0.416 e. The van der Waals surface area contributed by atoms with Crippen LogP contribution in [0.25, 0.3) is 11.4 Å². The van der Waals surface area contributed by atoms with Crippen molar-refractivity contribution in [2.75, 3.05) is 5.73 Å². The number of fused-ring (bicyclic) bond motifs is 1. The van der Waals surface area contributed by atoms with Gasteiger partial charge in [0, 0.05) is 16.8 Å². The molecular weight excluding hydrogens is 267 g/mol. The molecule has 1 aliphatic carbocycles. The molecule has 20 heavy (non-hydrogen) atoms. The number of nitrogens with zero attached hydrogens (tertiary/aromatic N) is 2. The number of rotatable bonds is 1. The summed E-state index contributed by atoms with van der Waals surface area (Å²) < 4.78 is 38.2. The highest BCUT2D eigenvalue weighted by Gasteiger charge is 2.30. The first kappa shape index (κ1) is 12.9. The molecule has 0 bridgehead atoms. The van der Waals surface area contributed by atoms with Gasteiger partial charge in [0.15, 0.2) is 5.82 Å². The molecule has 0 amide bonds. The molecule has 0 aliphatic heterocycles. The lowest BCUT2D eigenvalue weighted by Gasteiger charge is -2.10. The van der Waals surface area contributed by atoms with Crippen molar-refractivity contribution in [3.63, 3.8) is 0 Å². The maximum absolute atomic E-state index is 12.7. The number of anilines is 1. The first-order valence-electron chi connectivity index (χ1n) is 6.28. The molecule has 0 unspecified atom stereocenters. The van der Waals surface area contributed by atoms with Crippen LogP contribution in [0, 0.1) is 0 Å². The summed E-state index contributed by atoms with van der Waals surface area (Å²) in [5.74, 6) is 0.633. The molecule has 0 radical (unpaired) electrons. The number of halogens is 3. The molecule has 6 heteroatoms. The Kier molecular flexibility index (Phi) is 2.88. The Morgan fingerprint density at radius 1 is 1.10 bits per heavy atom. The quantitative estimate of drug-likeness (QED) is 0.872. The number of aromatic nitrogens is 2. The highest BCUT2D eigenvalue weighted by molar-refractivity contribution is 5.60. The first-order valence-corrected chi connectivity index (χ1v) is 6.28. The minimum absolute atomic E-state index is 0.259. The zero-order valence-corrected chi connectivity index (χ0v) is 10.5. The van der Waals surface area contributed by atoms with Crippen LogP contribution in [0.5, 0.6) is 0 Å². The van der Waals surface area contributed by atoms with Crippen LogP contribution >= 0.6 is 0 Å². The van der Waals surface area contributed by atoms with Crippen molar-refractivity contribution in [2.45, 2.75) is 25.4 Å². The summed E-state index contributed by atoms with van der Waals surface area (Å²) in [6.45, 7) is 0.